The Labute approximate surface area is 121 Å². The van der Waals surface area contributed by atoms with Gasteiger partial charge in [-0.3, -0.25) is 0 Å². The van der Waals surface area contributed by atoms with Crippen molar-refractivity contribution in [2.45, 2.75) is 25.4 Å². The smallest absolute Gasteiger partial charge is 0.335 e. The summed E-state index contributed by atoms with van der Waals surface area (Å²) in [7, 11) is 0. The number of carboxylic acids is 1. The minimum Gasteiger partial charge on any atom is -0.506 e. The van der Waals surface area contributed by atoms with Gasteiger partial charge < -0.3 is 25.6 Å². The number of nitrogens with one attached hydrogen (secondary N) is 2. The number of carbonyl (C=O) groups is 2. The molecule has 21 heavy (non-hydrogen) atoms. The van der Waals surface area contributed by atoms with Crippen molar-refractivity contribution in [3.8, 4) is 5.75 Å². The van der Waals surface area contributed by atoms with E-state index in [0.29, 0.717) is 13.2 Å². The number of phenolic OH excluding ortho intramolecular Hbond substituents is 1. The summed E-state index contributed by atoms with van der Waals surface area (Å²) in [5.41, 5.74) is 0.108. The van der Waals surface area contributed by atoms with Gasteiger partial charge in [-0.05, 0) is 37.5 Å². The molecule has 2 rings (SSSR count). The summed E-state index contributed by atoms with van der Waals surface area (Å²) < 4.78 is 5.49. The van der Waals surface area contributed by atoms with E-state index < -0.39 is 12.0 Å². The highest BCUT2D eigenvalue weighted by atomic mass is 16.5. The number of amides is 2. The molecule has 0 spiro atoms. The monoisotopic (exact) mass is 294 g/mol. The van der Waals surface area contributed by atoms with Crippen LogP contribution < -0.4 is 10.6 Å². The number of hydrogen-bond donors (Lipinski definition) is 4. The zero-order chi connectivity index (χ0) is 15.2. The number of carbonyl (C=O) groups excluding carboxylic acids is 1. The Morgan fingerprint density at radius 3 is 2.76 bits per heavy atom. The van der Waals surface area contributed by atoms with E-state index in [1.54, 1.807) is 0 Å². The first-order chi connectivity index (χ1) is 10.1. The Morgan fingerprint density at radius 1 is 1.33 bits per heavy atom. The van der Waals surface area contributed by atoms with Gasteiger partial charge in [0.2, 0.25) is 0 Å². The van der Waals surface area contributed by atoms with Gasteiger partial charge in [0.05, 0.1) is 17.4 Å². The number of urea groups is 1. The average Bonchev–Trinajstić information content (AvgIpc) is 2.48. The van der Waals surface area contributed by atoms with Crippen LogP contribution in [0, 0.1) is 0 Å². The lowest BCUT2D eigenvalue weighted by atomic mass is 10.1. The second kappa shape index (κ2) is 6.94. The second-order valence-corrected chi connectivity index (χ2v) is 4.86. The number of aromatic hydroxyl groups is 1. The SMILES string of the molecule is O=C(NCC1CCCCO1)Nc1ccc(C(=O)O)cc1O. The number of hydrogen-bond acceptors (Lipinski definition) is 4. The number of anilines is 1. The van der Waals surface area contributed by atoms with E-state index in [1.807, 2.05) is 0 Å². The molecule has 1 aromatic carbocycles. The molecule has 114 valence electrons. The van der Waals surface area contributed by atoms with Crippen LogP contribution in [0.2, 0.25) is 0 Å². The molecular formula is C14H18N2O5. The first kappa shape index (κ1) is 15.1. The van der Waals surface area contributed by atoms with Crippen molar-refractivity contribution in [2.75, 3.05) is 18.5 Å². The fourth-order valence-corrected chi connectivity index (χ4v) is 2.11. The molecule has 1 aromatic rings. The van der Waals surface area contributed by atoms with Crippen molar-refractivity contribution in [3.05, 3.63) is 23.8 Å². The molecule has 0 radical (unpaired) electrons. The maximum atomic E-state index is 11.7. The molecule has 0 aromatic heterocycles. The van der Waals surface area contributed by atoms with Gasteiger partial charge in [0.15, 0.2) is 0 Å². The highest BCUT2D eigenvalue weighted by Crippen LogP contribution is 2.24. The van der Waals surface area contributed by atoms with E-state index in [9.17, 15) is 14.7 Å². The van der Waals surface area contributed by atoms with Gasteiger partial charge in [0.1, 0.15) is 5.75 Å². The predicted molar refractivity (Wildman–Crippen MR) is 75.7 cm³/mol. The molecule has 1 saturated heterocycles. The fourth-order valence-electron chi connectivity index (χ4n) is 2.11. The van der Waals surface area contributed by atoms with Gasteiger partial charge in [-0.25, -0.2) is 9.59 Å². The third kappa shape index (κ3) is 4.35. The van der Waals surface area contributed by atoms with Crippen LogP contribution in [-0.2, 0) is 4.74 Å². The van der Waals surface area contributed by atoms with Crippen molar-refractivity contribution in [1.82, 2.24) is 5.32 Å². The number of ether oxygens (including phenoxy) is 1. The molecule has 0 bridgehead atoms. The molecule has 1 fully saturated rings. The summed E-state index contributed by atoms with van der Waals surface area (Å²) in [6.07, 6.45) is 3.07. The molecular weight excluding hydrogens is 276 g/mol. The lowest BCUT2D eigenvalue weighted by molar-refractivity contribution is 0.0187. The summed E-state index contributed by atoms with van der Waals surface area (Å²) in [4.78, 5) is 22.5. The second-order valence-electron chi connectivity index (χ2n) is 4.86. The van der Waals surface area contributed by atoms with E-state index in [1.165, 1.54) is 12.1 Å². The lowest BCUT2D eigenvalue weighted by Crippen LogP contribution is -2.37. The summed E-state index contributed by atoms with van der Waals surface area (Å²) in [5, 5.41) is 23.6. The molecule has 0 aliphatic carbocycles. The molecule has 1 aliphatic heterocycles. The van der Waals surface area contributed by atoms with E-state index in [0.717, 1.165) is 25.3 Å². The minimum atomic E-state index is -1.14. The molecule has 1 aliphatic rings. The zero-order valence-electron chi connectivity index (χ0n) is 11.5. The average molecular weight is 294 g/mol. The van der Waals surface area contributed by atoms with Crippen molar-refractivity contribution < 1.29 is 24.5 Å². The summed E-state index contributed by atoms with van der Waals surface area (Å²) in [6.45, 7) is 1.12. The van der Waals surface area contributed by atoms with Crippen molar-refractivity contribution in [3.63, 3.8) is 0 Å². The summed E-state index contributed by atoms with van der Waals surface area (Å²) >= 11 is 0. The molecule has 2 amide bonds. The van der Waals surface area contributed by atoms with E-state index in [-0.39, 0.29) is 23.1 Å². The molecule has 1 unspecified atom stereocenters. The molecule has 7 nitrogen and oxygen atoms in total. The maximum absolute atomic E-state index is 11.7. The quantitative estimate of drug-likeness (QED) is 0.633. The van der Waals surface area contributed by atoms with Crippen LogP contribution in [0.1, 0.15) is 29.6 Å². The molecule has 4 N–H and O–H groups in total. The Morgan fingerprint density at radius 2 is 2.14 bits per heavy atom. The normalized spacial score (nSPS) is 18.0. The van der Waals surface area contributed by atoms with Crippen molar-refractivity contribution in [1.29, 1.82) is 0 Å². The van der Waals surface area contributed by atoms with Crippen LogP contribution in [-0.4, -0.2) is 41.5 Å². The maximum Gasteiger partial charge on any atom is 0.335 e. The lowest BCUT2D eigenvalue weighted by Gasteiger charge is -2.22. The third-order valence-electron chi connectivity index (χ3n) is 3.26. The molecule has 1 atom stereocenters. The number of carboxylic acid groups (broad SMARTS) is 1. The molecule has 0 saturated carbocycles. The van der Waals surface area contributed by atoms with Crippen LogP contribution in [0.25, 0.3) is 0 Å². The topological polar surface area (TPSA) is 108 Å². The Hall–Kier alpha value is -2.28. The number of benzene rings is 1. The van der Waals surface area contributed by atoms with Crippen LogP contribution in [0.15, 0.2) is 18.2 Å². The first-order valence-electron chi connectivity index (χ1n) is 6.79. The van der Waals surface area contributed by atoms with Gasteiger partial charge in [-0.1, -0.05) is 0 Å². The van der Waals surface area contributed by atoms with E-state index >= 15 is 0 Å². The van der Waals surface area contributed by atoms with E-state index in [4.69, 9.17) is 9.84 Å². The van der Waals surface area contributed by atoms with Crippen LogP contribution in [0.3, 0.4) is 0 Å². The van der Waals surface area contributed by atoms with Gasteiger partial charge in [0.25, 0.3) is 0 Å². The van der Waals surface area contributed by atoms with Gasteiger partial charge >= 0.3 is 12.0 Å². The summed E-state index contributed by atoms with van der Waals surface area (Å²) in [5.74, 6) is -1.44. The standard InChI is InChI=1S/C14H18N2O5/c17-12-7-9(13(18)19)4-5-11(12)16-14(20)15-8-10-3-1-2-6-21-10/h4-5,7,10,17H,1-3,6,8H2,(H,18,19)(H2,15,16,20). The highest BCUT2D eigenvalue weighted by molar-refractivity contribution is 5.93. The third-order valence-corrected chi connectivity index (χ3v) is 3.26. The molecule has 1 heterocycles. The van der Waals surface area contributed by atoms with Crippen molar-refractivity contribution in [2.24, 2.45) is 0 Å². The minimum absolute atomic E-state index is 0.0208. The summed E-state index contributed by atoms with van der Waals surface area (Å²) in [6, 6.07) is 3.27. The van der Waals surface area contributed by atoms with Crippen LogP contribution in [0.5, 0.6) is 5.75 Å². The van der Waals surface area contributed by atoms with Gasteiger partial charge in [-0.15, -0.1) is 0 Å². The number of aromatic carboxylic acids is 1. The number of rotatable bonds is 4. The van der Waals surface area contributed by atoms with E-state index in [2.05, 4.69) is 10.6 Å². The van der Waals surface area contributed by atoms with Gasteiger partial charge in [-0.2, -0.15) is 0 Å². The predicted octanol–water partition coefficient (Wildman–Crippen LogP) is 1.78. The van der Waals surface area contributed by atoms with Crippen LogP contribution >= 0.6 is 0 Å². The largest absolute Gasteiger partial charge is 0.506 e. The van der Waals surface area contributed by atoms with Crippen molar-refractivity contribution >= 4 is 17.7 Å². The van der Waals surface area contributed by atoms with Crippen LogP contribution in [0.4, 0.5) is 10.5 Å². The Kier molecular flexibility index (Phi) is 4.99. The highest BCUT2D eigenvalue weighted by Gasteiger charge is 2.15. The zero-order valence-corrected chi connectivity index (χ0v) is 11.5. The number of phenols is 1. The first-order valence-corrected chi connectivity index (χ1v) is 6.79. The Bertz CT molecular complexity index is 526. The van der Waals surface area contributed by atoms with Gasteiger partial charge in [0, 0.05) is 13.2 Å². The Balaban J connectivity index is 1.85. The fraction of sp³-hybridized carbons (Fsp3) is 0.429. The molecule has 7 heteroatoms.